The summed E-state index contributed by atoms with van der Waals surface area (Å²) in [6, 6.07) is 7.54. The molecule has 0 bridgehead atoms. The highest BCUT2D eigenvalue weighted by Gasteiger charge is 2.16. The Hall–Kier alpha value is -3.16. The molecule has 0 radical (unpaired) electrons. The van der Waals surface area contributed by atoms with E-state index < -0.39 is 35.8 Å². The van der Waals surface area contributed by atoms with Gasteiger partial charge in [-0.15, -0.1) is 0 Å². The van der Waals surface area contributed by atoms with Crippen molar-refractivity contribution in [3.05, 3.63) is 53.6 Å². The Bertz CT molecular complexity index is 790. The minimum absolute atomic E-state index is 0.138. The summed E-state index contributed by atoms with van der Waals surface area (Å²) in [5, 5.41) is 2.02. The van der Waals surface area contributed by atoms with E-state index in [1.807, 2.05) is 5.32 Å². The average molecular weight is 365 g/mol. The monoisotopic (exact) mass is 365 g/mol. The Morgan fingerprint density at radius 1 is 1.08 bits per heavy atom. The molecule has 1 N–H and O–H groups in total. The number of para-hydroxylation sites is 1. The molecular weight excluding hydrogens is 348 g/mol. The molecule has 1 amide bonds. The molecule has 2 aromatic carbocycles. The maximum absolute atomic E-state index is 13.5. The second kappa shape index (κ2) is 8.80. The fraction of sp³-hybridized carbons (Fsp3) is 0.222. The van der Waals surface area contributed by atoms with Crippen LogP contribution in [0.25, 0.3) is 0 Å². The maximum atomic E-state index is 13.5. The first kappa shape index (κ1) is 19.2. The Balaban J connectivity index is 2.00. The number of amides is 1. The molecular formula is C18H17F2NO5. The zero-order valence-corrected chi connectivity index (χ0v) is 14.2. The third kappa shape index (κ3) is 4.69. The van der Waals surface area contributed by atoms with Crippen molar-refractivity contribution >= 4 is 17.6 Å². The molecule has 8 heteroatoms. The van der Waals surface area contributed by atoms with Crippen molar-refractivity contribution in [3.8, 4) is 11.5 Å². The number of carbonyl (C=O) groups is 2. The van der Waals surface area contributed by atoms with Gasteiger partial charge in [-0.3, -0.25) is 4.79 Å². The van der Waals surface area contributed by atoms with Crippen LogP contribution >= 0.6 is 0 Å². The van der Waals surface area contributed by atoms with Crippen LogP contribution in [0.2, 0.25) is 0 Å². The number of methoxy groups -OCH3 is 1. The molecule has 6 nitrogen and oxygen atoms in total. The molecule has 0 aliphatic carbocycles. The van der Waals surface area contributed by atoms with Crippen molar-refractivity contribution < 1.29 is 32.6 Å². The van der Waals surface area contributed by atoms with Gasteiger partial charge in [0.25, 0.3) is 5.91 Å². The van der Waals surface area contributed by atoms with Crippen LogP contribution in [0.1, 0.15) is 17.3 Å². The lowest BCUT2D eigenvalue weighted by Gasteiger charge is -2.11. The minimum Gasteiger partial charge on any atom is -0.493 e. The van der Waals surface area contributed by atoms with E-state index in [2.05, 4.69) is 0 Å². The summed E-state index contributed by atoms with van der Waals surface area (Å²) in [5.41, 5.74) is -0.462. The molecule has 138 valence electrons. The largest absolute Gasteiger partial charge is 0.493 e. The third-order valence-corrected chi connectivity index (χ3v) is 3.26. The zero-order valence-electron chi connectivity index (χ0n) is 14.2. The topological polar surface area (TPSA) is 73.9 Å². The van der Waals surface area contributed by atoms with Crippen LogP contribution < -0.4 is 14.8 Å². The molecule has 0 spiro atoms. The highest BCUT2D eigenvalue weighted by Crippen LogP contribution is 2.28. The number of carbonyl (C=O) groups excluding carboxylic acids is 2. The summed E-state index contributed by atoms with van der Waals surface area (Å²) in [6.07, 6.45) is 0. The van der Waals surface area contributed by atoms with Crippen molar-refractivity contribution in [2.24, 2.45) is 0 Å². The van der Waals surface area contributed by atoms with Gasteiger partial charge in [0.05, 0.1) is 19.3 Å². The molecule has 0 saturated carbocycles. The second-order valence-corrected chi connectivity index (χ2v) is 5.02. The van der Waals surface area contributed by atoms with Gasteiger partial charge in [-0.05, 0) is 37.3 Å². The number of nitrogens with one attached hydrogen (secondary N) is 1. The molecule has 0 aromatic heterocycles. The van der Waals surface area contributed by atoms with Gasteiger partial charge < -0.3 is 19.5 Å². The van der Waals surface area contributed by atoms with Crippen LogP contribution in [0.3, 0.4) is 0 Å². The van der Waals surface area contributed by atoms with E-state index >= 15 is 0 Å². The van der Waals surface area contributed by atoms with Gasteiger partial charge in [-0.1, -0.05) is 6.07 Å². The van der Waals surface area contributed by atoms with E-state index in [-0.39, 0.29) is 5.56 Å². The number of rotatable bonds is 7. The Labute approximate surface area is 148 Å². The van der Waals surface area contributed by atoms with E-state index in [0.717, 1.165) is 12.1 Å². The number of anilines is 1. The van der Waals surface area contributed by atoms with Gasteiger partial charge in [-0.25, -0.2) is 13.6 Å². The SMILES string of the molecule is CCOc1cc(C(=O)OCC(=O)Nc2c(F)cccc2F)ccc1OC. The number of hydrogen-bond acceptors (Lipinski definition) is 5. The number of hydrogen-bond donors (Lipinski definition) is 1. The molecule has 0 heterocycles. The maximum Gasteiger partial charge on any atom is 0.338 e. The van der Waals surface area contributed by atoms with E-state index in [1.54, 1.807) is 6.92 Å². The van der Waals surface area contributed by atoms with Crippen molar-refractivity contribution in [2.75, 3.05) is 25.6 Å². The first-order valence-corrected chi connectivity index (χ1v) is 7.68. The van der Waals surface area contributed by atoms with Crippen molar-refractivity contribution in [3.63, 3.8) is 0 Å². The fourth-order valence-electron chi connectivity index (χ4n) is 2.08. The van der Waals surface area contributed by atoms with Crippen molar-refractivity contribution in [1.82, 2.24) is 0 Å². The molecule has 0 atom stereocenters. The van der Waals surface area contributed by atoms with Crippen LogP contribution in [0, 0.1) is 11.6 Å². The Morgan fingerprint density at radius 3 is 2.38 bits per heavy atom. The summed E-state index contributed by atoms with van der Waals surface area (Å²) >= 11 is 0. The smallest absolute Gasteiger partial charge is 0.338 e. The predicted molar refractivity (Wildman–Crippen MR) is 89.4 cm³/mol. The first-order chi connectivity index (χ1) is 12.5. The van der Waals surface area contributed by atoms with E-state index in [0.29, 0.717) is 18.1 Å². The molecule has 0 saturated heterocycles. The number of benzene rings is 2. The molecule has 0 unspecified atom stereocenters. The summed E-state index contributed by atoms with van der Waals surface area (Å²) in [4.78, 5) is 23.8. The van der Waals surface area contributed by atoms with Crippen LogP contribution in [0.15, 0.2) is 36.4 Å². The predicted octanol–water partition coefficient (Wildman–Crippen LogP) is 3.17. The van der Waals surface area contributed by atoms with Crippen molar-refractivity contribution in [1.29, 1.82) is 0 Å². The van der Waals surface area contributed by atoms with Crippen LogP contribution in [0.4, 0.5) is 14.5 Å². The molecule has 2 rings (SSSR count). The molecule has 0 aliphatic heterocycles. The normalized spacial score (nSPS) is 10.2. The summed E-state index contributed by atoms with van der Waals surface area (Å²) < 4.78 is 42.3. The molecule has 26 heavy (non-hydrogen) atoms. The van der Waals surface area contributed by atoms with Gasteiger partial charge in [-0.2, -0.15) is 0 Å². The van der Waals surface area contributed by atoms with Crippen LogP contribution in [-0.2, 0) is 9.53 Å². The third-order valence-electron chi connectivity index (χ3n) is 3.26. The van der Waals surface area contributed by atoms with E-state index in [4.69, 9.17) is 14.2 Å². The summed E-state index contributed by atoms with van der Waals surface area (Å²) in [6.45, 7) is 1.44. The van der Waals surface area contributed by atoms with Crippen molar-refractivity contribution in [2.45, 2.75) is 6.92 Å². The lowest BCUT2D eigenvalue weighted by atomic mass is 10.2. The minimum atomic E-state index is -0.929. The highest BCUT2D eigenvalue weighted by molar-refractivity contribution is 5.95. The first-order valence-electron chi connectivity index (χ1n) is 7.68. The van der Waals surface area contributed by atoms with Gasteiger partial charge in [0.1, 0.15) is 17.3 Å². The zero-order chi connectivity index (χ0) is 19.1. The lowest BCUT2D eigenvalue weighted by Crippen LogP contribution is -2.22. The van der Waals surface area contributed by atoms with Crippen LogP contribution in [0.5, 0.6) is 11.5 Å². The number of ether oxygens (including phenoxy) is 3. The average Bonchev–Trinajstić information content (AvgIpc) is 2.63. The van der Waals surface area contributed by atoms with E-state index in [1.165, 1.54) is 31.4 Å². The van der Waals surface area contributed by atoms with Gasteiger partial charge in [0.2, 0.25) is 0 Å². The van der Waals surface area contributed by atoms with Crippen LogP contribution in [-0.4, -0.2) is 32.2 Å². The standard InChI is InChI=1S/C18H17F2NO5/c1-3-25-15-9-11(7-8-14(15)24-2)18(23)26-10-16(22)21-17-12(19)5-4-6-13(17)20/h4-9H,3,10H2,1-2H3,(H,21,22). The van der Waals surface area contributed by atoms with Gasteiger partial charge >= 0.3 is 5.97 Å². The number of halogens is 2. The van der Waals surface area contributed by atoms with Gasteiger partial charge in [0, 0.05) is 0 Å². The number of esters is 1. The van der Waals surface area contributed by atoms with Gasteiger partial charge in [0.15, 0.2) is 18.1 Å². The lowest BCUT2D eigenvalue weighted by molar-refractivity contribution is -0.119. The molecule has 0 fully saturated rings. The molecule has 0 aliphatic rings. The molecule has 2 aromatic rings. The van der Waals surface area contributed by atoms with E-state index in [9.17, 15) is 18.4 Å². The Kier molecular flexibility index (Phi) is 6.48. The Morgan fingerprint density at radius 2 is 1.77 bits per heavy atom. The summed E-state index contributed by atoms with van der Waals surface area (Å²) in [5.74, 6) is -2.74. The second-order valence-electron chi connectivity index (χ2n) is 5.02. The fourth-order valence-corrected chi connectivity index (χ4v) is 2.08. The summed E-state index contributed by atoms with van der Waals surface area (Å²) in [7, 11) is 1.46. The quantitative estimate of drug-likeness (QED) is 0.763. The highest BCUT2D eigenvalue weighted by atomic mass is 19.1.